The summed E-state index contributed by atoms with van der Waals surface area (Å²) < 4.78 is 11.3. The minimum absolute atomic E-state index is 0.0529. The van der Waals surface area contributed by atoms with Gasteiger partial charge in [0.1, 0.15) is 23.1 Å². The van der Waals surface area contributed by atoms with Crippen LogP contribution in [0.25, 0.3) is 0 Å². The van der Waals surface area contributed by atoms with Crippen molar-refractivity contribution in [3.8, 4) is 11.5 Å². The summed E-state index contributed by atoms with van der Waals surface area (Å²) >= 11 is 0. The number of ether oxygens (including phenoxy) is 2. The molecule has 346 valence electrons. The zero-order chi connectivity index (χ0) is 46.7. The van der Waals surface area contributed by atoms with Crippen molar-refractivity contribution in [3.63, 3.8) is 0 Å². The van der Waals surface area contributed by atoms with Gasteiger partial charge in [0.15, 0.2) is 0 Å². The fourth-order valence-electron chi connectivity index (χ4n) is 9.43. The summed E-state index contributed by atoms with van der Waals surface area (Å²) in [5, 5.41) is 9.76. The van der Waals surface area contributed by atoms with Gasteiger partial charge in [-0.3, -0.25) is 24.3 Å². The number of aromatic nitrogens is 4. The number of nitrogens with one attached hydrogen (secondary N) is 3. The van der Waals surface area contributed by atoms with Crippen LogP contribution in [0.3, 0.4) is 0 Å². The van der Waals surface area contributed by atoms with Crippen LogP contribution in [-0.2, 0) is 12.8 Å². The zero-order valence-electron chi connectivity index (χ0n) is 39.2. The van der Waals surface area contributed by atoms with Gasteiger partial charge in [-0.1, -0.05) is 60.7 Å². The number of benzene rings is 4. The van der Waals surface area contributed by atoms with Crippen LogP contribution in [0.5, 0.6) is 11.5 Å². The smallest absolute Gasteiger partial charge is 0.260 e. The van der Waals surface area contributed by atoms with Gasteiger partial charge in [-0.15, -0.1) is 0 Å². The van der Waals surface area contributed by atoms with E-state index in [9.17, 15) is 9.59 Å². The van der Waals surface area contributed by atoms with E-state index >= 15 is 0 Å². The molecule has 2 amide bonds. The second-order valence-electron chi connectivity index (χ2n) is 18.9. The molecule has 2 saturated heterocycles. The maximum atomic E-state index is 14.3. The minimum atomic E-state index is -0.474. The Balaban J connectivity index is 0.000000181. The fourth-order valence-corrected chi connectivity index (χ4v) is 9.43. The first-order valence-electron chi connectivity index (χ1n) is 23.3. The highest BCUT2D eigenvalue weighted by Crippen LogP contribution is 2.41. The first-order chi connectivity index (χ1) is 32.4. The number of likely N-dealkylation sites (tertiary alicyclic amines) is 1. The van der Waals surface area contributed by atoms with Crippen LogP contribution in [0.2, 0.25) is 0 Å². The van der Waals surface area contributed by atoms with Crippen LogP contribution in [-0.4, -0.2) is 99.2 Å². The average molecular weight is 901 g/mol. The van der Waals surface area contributed by atoms with Crippen LogP contribution in [0.4, 0.5) is 23.5 Å². The number of carbonyl (C=O) groups excluding carboxylic acids is 2. The molecule has 67 heavy (non-hydrogen) atoms. The molecule has 2 aromatic heterocycles. The quantitative estimate of drug-likeness (QED) is 0.103. The first-order valence-corrected chi connectivity index (χ1v) is 23.3. The molecule has 14 nitrogen and oxygen atoms in total. The lowest BCUT2D eigenvalue weighted by atomic mass is 9.84. The van der Waals surface area contributed by atoms with Crippen molar-refractivity contribution >= 4 is 35.3 Å². The molecule has 4 aliphatic rings. The average Bonchev–Trinajstić information content (AvgIpc) is 3.98. The number of hydrogen-bond acceptors (Lipinski definition) is 12. The van der Waals surface area contributed by atoms with Crippen molar-refractivity contribution in [2.24, 2.45) is 0 Å². The van der Waals surface area contributed by atoms with Gasteiger partial charge in [0.2, 0.25) is 11.9 Å². The summed E-state index contributed by atoms with van der Waals surface area (Å²) in [5.74, 6) is 3.86. The van der Waals surface area contributed by atoms with Gasteiger partial charge >= 0.3 is 0 Å². The number of carbonyl (C=O) groups is 2. The molecule has 10 rings (SSSR count). The van der Waals surface area contributed by atoms with Crippen molar-refractivity contribution in [2.75, 3.05) is 59.8 Å². The number of anilines is 4. The van der Waals surface area contributed by atoms with E-state index < -0.39 is 5.54 Å². The molecule has 6 heterocycles. The largest absolute Gasteiger partial charge is 0.493 e. The normalized spacial score (nSPS) is 16.3. The lowest BCUT2D eigenvalue weighted by Crippen LogP contribution is -2.70. The second-order valence-corrected chi connectivity index (χ2v) is 18.9. The van der Waals surface area contributed by atoms with Crippen LogP contribution < -0.4 is 35.2 Å². The first kappa shape index (κ1) is 45.3. The van der Waals surface area contributed by atoms with E-state index in [1.807, 2.05) is 87.2 Å². The minimum Gasteiger partial charge on any atom is -0.493 e. The van der Waals surface area contributed by atoms with E-state index in [1.54, 1.807) is 23.4 Å². The van der Waals surface area contributed by atoms with Crippen molar-refractivity contribution in [1.29, 1.82) is 0 Å². The van der Waals surface area contributed by atoms with Gasteiger partial charge in [0, 0.05) is 74.6 Å². The van der Waals surface area contributed by atoms with Gasteiger partial charge in [0.25, 0.3) is 11.8 Å². The Morgan fingerprint density at radius 1 is 0.627 bits per heavy atom. The van der Waals surface area contributed by atoms with E-state index in [0.717, 1.165) is 48.6 Å². The van der Waals surface area contributed by atoms with Crippen LogP contribution >= 0.6 is 0 Å². The number of rotatable bonds is 13. The van der Waals surface area contributed by atoms with Crippen molar-refractivity contribution < 1.29 is 19.1 Å². The standard InChI is InChI=1S/C33H35N5O2.C20H25N5O2/c1-23(2)35-32-34-18-16-29(36-32)38(31(39)27-14-15-28-26(20-27)17-19-40-28)33(3)21-37(22-33)30(24-10-6-4-7-11-24)25-12-8-5-9-13-25;1-13(2)23-19-22-8-6-17(24-19)25(20(3)11-21-12-20)18(26)15-4-5-16-14(10-15)7-9-27-16/h4-16,18,20,23,30H,17,19,21-22H2,1-3H3,(H,34,35,36);4-6,8,10,13,21H,7,9,11-12H2,1-3H3,(H,22,23,24). The third kappa shape index (κ3) is 9.68. The lowest BCUT2D eigenvalue weighted by molar-refractivity contribution is 0.0434. The molecule has 6 aromatic rings. The SMILES string of the molecule is CC(C)Nc1nccc(N(C(=O)c2ccc3c(c2)CCO3)C2(C)CN(C(c3ccccc3)c3ccccc3)C2)n1.CC(C)Nc1nccc(N(C(=O)c2ccc3c(c2)CCO3)C2(C)CNC2)n1. The predicted octanol–water partition coefficient (Wildman–Crippen LogP) is 7.98. The molecule has 4 aromatic carbocycles. The Labute approximate surface area is 393 Å². The van der Waals surface area contributed by atoms with Gasteiger partial charge in [-0.2, -0.15) is 9.97 Å². The third-order valence-electron chi connectivity index (χ3n) is 12.6. The summed E-state index contributed by atoms with van der Waals surface area (Å²) in [6.45, 7) is 16.6. The number of amides is 2. The fraction of sp³-hybridized carbons (Fsp3) is 0.358. The molecule has 14 heteroatoms. The molecular formula is C53H60N10O4. The molecule has 0 bridgehead atoms. The van der Waals surface area contributed by atoms with Crippen LogP contribution in [0, 0.1) is 0 Å². The summed E-state index contributed by atoms with van der Waals surface area (Å²) in [6, 6.07) is 36.7. The second kappa shape index (κ2) is 19.1. The molecule has 2 fully saturated rings. The molecule has 0 aliphatic carbocycles. The van der Waals surface area contributed by atoms with Crippen LogP contribution in [0.1, 0.15) is 90.6 Å². The highest BCUT2D eigenvalue weighted by molar-refractivity contribution is 6.08. The topological polar surface area (TPSA) is 150 Å². The molecule has 0 saturated carbocycles. The van der Waals surface area contributed by atoms with Gasteiger partial charge in [-0.05, 0) is 112 Å². The Morgan fingerprint density at radius 3 is 1.49 bits per heavy atom. The van der Waals surface area contributed by atoms with Crippen molar-refractivity contribution in [3.05, 3.63) is 155 Å². The Hall–Kier alpha value is -6.90. The molecule has 0 unspecified atom stereocenters. The Bertz CT molecular complexity index is 2670. The van der Waals surface area contributed by atoms with Gasteiger partial charge in [0.05, 0.1) is 30.3 Å². The predicted molar refractivity (Wildman–Crippen MR) is 262 cm³/mol. The number of hydrogen-bond donors (Lipinski definition) is 3. The van der Waals surface area contributed by atoms with Crippen LogP contribution in [0.15, 0.2) is 122 Å². The highest BCUT2D eigenvalue weighted by atomic mass is 16.5. The monoisotopic (exact) mass is 900 g/mol. The molecular weight excluding hydrogens is 841 g/mol. The number of nitrogens with zero attached hydrogens (tertiary/aromatic N) is 7. The molecule has 0 spiro atoms. The summed E-state index contributed by atoms with van der Waals surface area (Å²) in [6.07, 6.45) is 5.07. The van der Waals surface area contributed by atoms with E-state index in [2.05, 4.69) is 98.2 Å². The van der Waals surface area contributed by atoms with Crippen molar-refractivity contribution in [1.82, 2.24) is 30.2 Å². The van der Waals surface area contributed by atoms with E-state index in [0.29, 0.717) is 61.0 Å². The molecule has 3 N–H and O–H groups in total. The third-order valence-corrected chi connectivity index (χ3v) is 12.6. The van der Waals surface area contributed by atoms with E-state index in [4.69, 9.17) is 14.5 Å². The molecule has 0 atom stereocenters. The number of fused-ring (bicyclic) bond motifs is 2. The maximum Gasteiger partial charge on any atom is 0.260 e. The summed E-state index contributed by atoms with van der Waals surface area (Å²) in [4.78, 5) is 52.0. The molecule has 0 radical (unpaired) electrons. The zero-order valence-corrected chi connectivity index (χ0v) is 39.2. The van der Waals surface area contributed by atoms with Gasteiger partial charge < -0.3 is 25.4 Å². The maximum absolute atomic E-state index is 14.3. The lowest BCUT2D eigenvalue weighted by Gasteiger charge is -2.56. The summed E-state index contributed by atoms with van der Waals surface area (Å²) in [5.41, 5.74) is 5.13. The Morgan fingerprint density at radius 2 is 1.07 bits per heavy atom. The highest BCUT2D eigenvalue weighted by Gasteiger charge is 2.50. The van der Waals surface area contributed by atoms with E-state index in [-0.39, 0.29) is 35.5 Å². The van der Waals surface area contributed by atoms with Gasteiger partial charge in [-0.25, -0.2) is 9.97 Å². The summed E-state index contributed by atoms with van der Waals surface area (Å²) in [7, 11) is 0. The van der Waals surface area contributed by atoms with Crippen molar-refractivity contribution in [2.45, 2.75) is 83.6 Å². The van der Waals surface area contributed by atoms with E-state index in [1.165, 1.54) is 11.1 Å². The molecule has 4 aliphatic heterocycles. The Kier molecular flexibility index (Phi) is 12.9.